The highest BCUT2D eigenvalue weighted by Crippen LogP contribution is 2.36. The van der Waals surface area contributed by atoms with Crippen LogP contribution in [0.2, 0.25) is 0 Å². The summed E-state index contributed by atoms with van der Waals surface area (Å²) in [5, 5.41) is 0. The van der Waals surface area contributed by atoms with Crippen molar-refractivity contribution in [1.29, 1.82) is 0 Å². The summed E-state index contributed by atoms with van der Waals surface area (Å²) in [6, 6.07) is 12.2. The van der Waals surface area contributed by atoms with Gasteiger partial charge in [-0.05, 0) is 74.2 Å². The number of hydrogen-bond donors (Lipinski definition) is 0. The molecular formula is C22H26N2O4S. The van der Waals surface area contributed by atoms with E-state index in [1.54, 1.807) is 58.8 Å². The lowest BCUT2D eigenvalue weighted by molar-refractivity contribution is 0.0981. The maximum absolute atomic E-state index is 13.1. The molecule has 2 aromatic rings. The number of hydrogen-bond acceptors (Lipinski definition) is 4. The molecule has 0 aliphatic carbocycles. The molecule has 1 atom stereocenters. The van der Waals surface area contributed by atoms with E-state index < -0.39 is 10.0 Å². The van der Waals surface area contributed by atoms with Gasteiger partial charge in [-0.3, -0.25) is 4.79 Å². The SMILES string of the molecule is COc1ccc(C(=O)N2c3ccc(S(=O)(=O)N4CCCCC4)cc3C[C@H]2C)cc1. The summed E-state index contributed by atoms with van der Waals surface area (Å²) in [7, 11) is -1.89. The van der Waals surface area contributed by atoms with Crippen molar-refractivity contribution in [3.63, 3.8) is 0 Å². The Morgan fingerprint density at radius 1 is 1.03 bits per heavy atom. The molecule has 1 saturated heterocycles. The molecule has 0 saturated carbocycles. The predicted molar refractivity (Wildman–Crippen MR) is 112 cm³/mol. The Kier molecular flexibility index (Phi) is 5.36. The fourth-order valence-electron chi connectivity index (χ4n) is 4.20. The van der Waals surface area contributed by atoms with E-state index in [9.17, 15) is 13.2 Å². The van der Waals surface area contributed by atoms with Crippen LogP contribution in [-0.2, 0) is 16.4 Å². The highest BCUT2D eigenvalue weighted by atomic mass is 32.2. The molecule has 154 valence electrons. The molecule has 2 heterocycles. The lowest BCUT2D eigenvalue weighted by atomic mass is 10.1. The van der Waals surface area contributed by atoms with Gasteiger partial charge in [0.25, 0.3) is 5.91 Å². The number of carbonyl (C=O) groups excluding carboxylic acids is 1. The molecule has 0 spiro atoms. The number of amides is 1. The van der Waals surface area contributed by atoms with Crippen LogP contribution in [0.15, 0.2) is 47.4 Å². The van der Waals surface area contributed by atoms with Crippen molar-refractivity contribution in [2.45, 2.75) is 43.5 Å². The predicted octanol–water partition coefficient (Wildman–Crippen LogP) is 3.46. The van der Waals surface area contributed by atoms with Gasteiger partial charge in [0.1, 0.15) is 5.75 Å². The number of sulfonamides is 1. The van der Waals surface area contributed by atoms with Crippen LogP contribution in [0.3, 0.4) is 0 Å². The number of piperidine rings is 1. The molecule has 0 aromatic heterocycles. The van der Waals surface area contributed by atoms with E-state index in [4.69, 9.17) is 4.74 Å². The van der Waals surface area contributed by atoms with Crippen LogP contribution in [0.4, 0.5) is 5.69 Å². The zero-order valence-corrected chi connectivity index (χ0v) is 17.6. The van der Waals surface area contributed by atoms with Gasteiger partial charge >= 0.3 is 0 Å². The molecule has 0 bridgehead atoms. The number of nitrogens with zero attached hydrogens (tertiary/aromatic N) is 2. The smallest absolute Gasteiger partial charge is 0.258 e. The Labute approximate surface area is 172 Å². The highest BCUT2D eigenvalue weighted by Gasteiger charge is 2.34. The molecule has 0 N–H and O–H groups in total. The standard InChI is InChI=1S/C22H26N2O4S/c1-16-14-18-15-20(29(26,27)23-12-4-3-5-13-23)10-11-21(18)24(16)22(25)17-6-8-19(28-2)9-7-17/h6-11,15-16H,3-5,12-14H2,1-2H3/t16-/m1/s1. The van der Waals surface area contributed by atoms with E-state index in [-0.39, 0.29) is 11.9 Å². The molecule has 7 heteroatoms. The molecule has 4 rings (SSSR count). The number of benzene rings is 2. The fraction of sp³-hybridized carbons (Fsp3) is 0.409. The Morgan fingerprint density at radius 3 is 2.38 bits per heavy atom. The van der Waals surface area contributed by atoms with Gasteiger partial charge in [0, 0.05) is 30.4 Å². The molecule has 1 fully saturated rings. The molecule has 2 aromatic carbocycles. The van der Waals surface area contributed by atoms with Crippen molar-refractivity contribution in [2.75, 3.05) is 25.1 Å². The normalized spacial score (nSPS) is 19.8. The average Bonchev–Trinajstić information content (AvgIpc) is 3.08. The second kappa shape index (κ2) is 7.80. The van der Waals surface area contributed by atoms with Crippen molar-refractivity contribution >= 4 is 21.6 Å². The van der Waals surface area contributed by atoms with Crippen molar-refractivity contribution in [2.24, 2.45) is 0 Å². The summed E-state index contributed by atoms with van der Waals surface area (Å²) in [5.41, 5.74) is 2.27. The van der Waals surface area contributed by atoms with Crippen molar-refractivity contribution in [3.05, 3.63) is 53.6 Å². The zero-order chi connectivity index (χ0) is 20.6. The van der Waals surface area contributed by atoms with Crippen LogP contribution in [0.25, 0.3) is 0 Å². The Balaban J connectivity index is 1.63. The van der Waals surface area contributed by atoms with Gasteiger partial charge in [-0.1, -0.05) is 6.42 Å². The monoisotopic (exact) mass is 414 g/mol. The summed E-state index contributed by atoms with van der Waals surface area (Å²) in [4.78, 5) is 15.2. The van der Waals surface area contributed by atoms with E-state index in [0.29, 0.717) is 35.7 Å². The molecule has 0 unspecified atom stereocenters. The summed E-state index contributed by atoms with van der Waals surface area (Å²) in [5.74, 6) is 0.606. The largest absolute Gasteiger partial charge is 0.497 e. The van der Waals surface area contributed by atoms with Gasteiger partial charge in [0.15, 0.2) is 0 Å². The highest BCUT2D eigenvalue weighted by molar-refractivity contribution is 7.89. The van der Waals surface area contributed by atoms with Gasteiger partial charge < -0.3 is 9.64 Å². The maximum Gasteiger partial charge on any atom is 0.258 e. The van der Waals surface area contributed by atoms with Crippen LogP contribution in [0.5, 0.6) is 5.75 Å². The minimum absolute atomic E-state index is 0.0347. The number of anilines is 1. The second-order valence-corrected chi connectivity index (χ2v) is 9.65. The van der Waals surface area contributed by atoms with Gasteiger partial charge in [-0.15, -0.1) is 0 Å². The fourth-order valence-corrected chi connectivity index (χ4v) is 5.77. The summed E-state index contributed by atoms with van der Waals surface area (Å²) in [6.07, 6.45) is 3.54. The minimum atomic E-state index is -3.48. The first-order chi connectivity index (χ1) is 13.9. The van der Waals surface area contributed by atoms with Crippen LogP contribution in [0.1, 0.15) is 42.1 Å². The van der Waals surface area contributed by atoms with E-state index in [1.165, 1.54) is 0 Å². The summed E-state index contributed by atoms with van der Waals surface area (Å²) < 4.78 is 32.7. The summed E-state index contributed by atoms with van der Waals surface area (Å²) >= 11 is 0. The van der Waals surface area contributed by atoms with E-state index in [0.717, 1.165) is 30.5 Å². The molecule has 6 nitrogen and oxygen atoms in total. The summed E-state index contributed by atoms with van der Waals surface area (Å²) in [6.45, 7) is 3.15. The van der Waals surface area contributed by atoms with Crippen LogP contribution in [0, 0.1) is 0 Å². The number of rotatable bonds is 4. The Morgan fingerprint density at radius 2 is 1.72 bits per heavy atom. The first-order valence-electron chi connectivity index (χ1n) is 10.0. The maximum atomic E-state index is 13.1. The molecule has 2 aliphatic rings. The number of methoxy groups -OCH3 is 1. The van der Waals surface area contributed by atoms with Crippen molar-refractivity contribution in [3.8, 4) is 5.75 Å². The number of fused-ring (bicyclic) bond motifs is 1. The van der Waals surface area contributed by atoms with E-state index >= 15 is 0 Å². The second-order valence-electron chi connectivity index (χ2n) is 7.71. The lowest BCUT2D eigenvalue weighted by Gasteiger charge is -2.26. The first kappa shape index (κ1) is 19.9. The van der Waals surface area contributed by atoms with Crippen molar-refractivity contribution < 1.29 is 17.9 Å². The number of ether oxygens (including phenoxy) is 1. The van der Waals surface area contributed by atoms with Gasteiger partial charge in [-0.25, -0.2) is 8.42 Å². The third kappa shape index (κ3) is 3.65. The minimum Gasteiger partial charge on any atom is -0.497 e. The van der Waals surface area contributed by atoms with Crippen LogP contribution < -0.4 is 9.64 Å². The molecule has 1 amide bonds. The van der Waals surface area contributed by atoms with Gasteiger partial charge in [0.2, 0.25) is 10.0 Å². The molecule has 0 radical (unpaired) electrons. The van der Waals surface area contributed by atoms with Crippen molar-refractivity contribution in [1.82, 2.24) is 4.31 Å². The molecule has 2 aliphatic heterocycles. The van der Waals surface area contributed by atoms with Crippen LogP contribution in [-0.4, -0.2) is 44.9 Å². The third-order valence-corrected chi connectivity index (χ3v) is 7.67. The van der Waals surface area contributed by atoms with E-state index in [1.807, 2.05) is 6.92 Å². The Bertz CT molecular complexity index is 1010. The van der Waals surface area contributed by atoms with Crippen LogP contribution >= 0.6 is 0 Å². The topological polar surface area (TPSA) is 66.9 Å². The number of carbonyl (C=O) groups is 1. The third-order valence-electron chi connectivity index (χ3n) is 5.78. The van der Waals surface area contributed by atoms with Gasteiger partial charge in [-0.2, -0.15) is 4.31 Å². The van der Waals surface area contributed by atoms with Gasteiger partial charge in [0.05, 0.1) is 12.0 Å². The quantitative estimate of drug-likeness (QED) is 0.768. The average molecular weight is 415 g/mol. The van der Waals surface area contributed by atoms with E-state index in [2.05, 4.69) is 0 Å². The molecule has 29 heavy (non-hydrogen) atoms. The Hall–Kier alpha value is -2.38. The first-order valence-corrected chi connectivity index (χ1v) is 11.5. The zero-order valence-electron chi connectivity index (χ0n) is 16.8. The molecular weight excluding hydrogens is 388 g/mol. The lowest BCUT2D eigenvalue weighted by Crippen LogP contribution is -2.36.